The lowest BCUT2D eigenvalue weighted by molar-refractivity contribution is 0.231. The Morgan fingerprint density at radius 2 is 1.86 bits per heavy atom. The van der Waals surface area contributed by atoms with E-state index in [2.05, 4.69) is 10.6 Å². The van der Waals surface area contributed by atoms with Gasteiger partial charge < -0.3 is 10.6 Å². The van der Waals surface area contributed by atoms with Gasteiger partial charge in [0.2, 0.25) is 10.0 Å². The number of sulfonamides is 1. The van der Waals surface area contributed by atoms with Crippen LogP contribution in [0.5, 0.6) is 0 Å². The van der Waals surface area contributed by atoms with E-state index in [1.807, 2.05) is 6.07 Å². The van der Waals surface area contributed by atoms with Crippen LogP contribution in [-0.4, -0.2) is 37.9 Å². The maximum absolute atomic E-state index is 14.1. The van der Waals surface area contributed by atoms with Gasteiger partial charge in [-0.2, -0.15) is 4.31 Å². The minimum Gasteiger partial charge on any atom is -0.336 e. The number of carbonyl (C=O) groups is 1. The van der Waals surface area contributed by atoms with E-state index in [-0.39, 0.29) is 13.1 Å². The molecule has 1 aliphatic heterocycles. The van der Waals surface area contributed by atoms with Gasteiger partial charge in [-0.25, -0.2) is 22.0 Å². The fraction of sp³-hybridized carbons (Fsp3) is 0.316. The van der Waals surface area contributed by atoms with E-state index in [0.717, 1.165) is 22.9 Å². The molecule has 2 N–H and O–H groups in total. The van der Waals surface area contributed by atoms with Crippen molar-refractivity contribution in [2.75, 3.05) is 18.4 Å². The number of benzene rings is 2. The molecule has 0 spiro atoms. The van der Waals surface area contributed by atoms with Gasteiger partial charge in [-0.3, -0.25) is 0 Å². The van der Waals surface area contributed by atoms with Crippen LogP contribution in [0.15, 0.2) is 53.4 Å². The summed E-state index contributed by atoms with van der Waals surface area (Å²) >= 11 is 0. The highest BCUT2D eigenvalue weighted by Crippen LogP contribution is 2.27. The first-order valence-electron chi connectivity index (χ1n) is 8.95. The second kappa shape index (κ2) is 8.66. The summed E-state index contributed by atoms with van der Waals surface area (Å²) in [5, 5.41) is 5.31. The number of hydrogen-bond acceptors (Lipinski definition) is 3. The van der Waals surface area contributed by atoms with Gasteiger partial charge in [0.05, 0.1) is 0 Å². The van der Waals surface area contributed by atoms with Crippen LogP contribution in [0.25, 0.3) is 0 Å². The molecule has 1 aliphatic rings. The molecule has 0 saturated carbocycles. The Hall–Kier alpha value is -2.52. The van der Waals surface area contributed by atoms with Crippen LogP contribution in [0.1, 0.15) is 19.3 Å². The minimum atomic E-state index is -4.22. The van der Waals surface area contributed by atoms with E-state index in [9.17, 15) is 22.0 Å². The van der Waals surface area contributed by atoms with Crippen molar-refractivity contribution >= 4 is 21.7 Å². The molecule has 3 rings (SSSR count). The summed E-state index contributed by atoms with van der Waals surface area (Å²) in [5.74, 6) is -1.82. The van der Waals surface area contributed by atoms with Crippen LogP contribution in [0, 0.1) is 11.6 Å². The Labute approximate surface area is 162 Å². The zero-order valence-electron chi connectivity index (χ0n) is 15.1. The van der Waals surface area contributed by atoms with Crippen molar-refractivity contribution in [1.82, 2.24) is 9.62 Å². The van der Waals surface area contributed by atoms with E-state index < -0.39 is 38.6 Å². The van der Waals surface area contributed by atoms with Gasteiger partial charge in [0, 0.05) is 24.8 Å². The predicted molar refractivity (Wildman–Crippen MR) is 101 cm³/mol. The number of nitrogens with zero attached hydrogens (tertiary/aromatic N) is 1. The fourth-order valence-corrected chi connectivity index (χ4v) is 4.97. The molecule has 0 aromatic heterocycles. The summed E-state index contributed by atoms with van der Waals surface area (Å²) in [4.78, 5) is 11.4. The Bertz CT molecular complexity index is 939. The van der Waals surface area contributed by atoms with Crippen molar-refractivity contribution in [2.45, 2.75) is 30.2 Å². The van der Waals surface area contributed by atoms with Gasteiger partial charge in [0.25, 0.3) is 0 Å². The lowest BCUT2D eigenvalue weighted by Gasteiger charge is -2.34. The number of urea groups is 1. The Morgan fingerprint density at radius 3 is 2.61 bits per heavy atom. The Kier molecular flexibility index (Phi) is 6.25. The predicted octanol–water partition coefficient (Wildman–Crippen LogP) is 3.33. The number of halogens is 2. The third kappa shape index (κ3) is 4.66. The highest BCUT2D eigenvalue weighted by Gasteiger charge is 2.35. The highest BCUT2D eigenvalue weighted by atomic mass is 32.2. The lowest BCUT2D eigenvalue weighted by atomic mass is 10.1. The molecular formula is C19H21F2N3O3S. The minimum absolute atomic E-state index is 0.0643. The maximum Gasteiger partial charge on any atom is 0.319 e. The molecule has 150 valence electrons. The SMILES string of the molecule is O=C(NC[C@@H]1CCCCN1S(=O)(=O)c1cc(F)ccc1F)Nc1ccccc1. The van der Waals surface area contributed by atoms with Crippen LogP contribution in [-0.2, 0) is 10.0 Å². The standard InChI is InChI=1S/C19H21F2N3O3S/c20-14-9-10-17(21)18(12-14)28(26,27)24-11-5-4-8-16(24)13-22-19(25)23-15-6-2-1-3-7-15/h1-3,6-7,9-10,12,16H,4-5,8,11,13H2,(H2,22,23,25)/t16-/m0/s1. The van der Waals surface area contributed by atoms with Gasteiger partial charge in [-0.15, -0.1) is 0 Å². The maximum atomic E-state index is 14.1. The molecule has 0 aliphatic carbocycles. The van der Waals surface area contributed by atoms with Crippen molar-refractivity contribution in [2.24, 2.45) is 0 Å². The molecule has 0 radical (unpaired) electrons. The topological polar surface area (TPSA) is 78.5 Å². The van der Waals surface area contributed by atoms with Gasteiger partial charge in [-0.05, 0) is 43.2 Å². The van der Waals surface area contributed by atoms with E-state index in [0.29, 0.717) is 24.6 Å². The van der Waals surface area contributed by atoms with Gasteiger partial charge in [0.15, 0.2) is 0 Å². The van der Waals surface area contributed by atoms with E-state index >= 15 is 0 Å². The number of rotatable bonds is 5. The second-order valence-corrected chi connectivity index (χ2v) is 8.40. The van der Waals surface area contributed by atoms with Crippen LogP contribution in [0.4, 0.5) is 19.3 Å². The zero-order valence-corrected chi connectivity index (χ0v) is 15.9. The number of para-hydroxylation sites is 1. The molecule has 2 aromatic rings. The molecule has 9 heteroatoms. The molecule has 0 bridgehead atoms. The number of amides is 2. The van der Waals surface area contributed by atoms with Crippen LogP contribution in [0.3, 0.4) is 0 Å². The average molecular weight is 409 g/mol. The largest absolute Gasteiger partial charge is 0.336 e. The van der Waals surface area contributed by atoms with Crippen LogP contribution >= 0.6 is 0 Å². The summed E-state index contributed by atoms with van der Waals surface area (Å²) in [7, 11) is -4.22. The quantitative estimate of drug-likeness (QED) is 0.795. The number of nitrogens with one attached hydrogen (secondary N) is 2. The summed E-state index contributed by atoms with van der Waals surface area (Å²) in [6.07, 6.45) is 1.91. The van der Waals surface area contributed by atoms with Crippen molar-refractivity contribution in [3.05, 3.63) is 60.2 Å². The van der Waals surface area contributed by atoms with Crippen molar-refractivity contribution < 1.29 is 22.0 Å². The smallest absolute Gasteiger partial charge is 0.319 e. The summed E-state index contributed by atoms with van der Waals surface area (Å²) < 4.78 is 54.5. The van der Waals surface area contributed by atoms with Crippen molar-refractivity contribution in [3.63, 3.8) is 0 Å². The average Bonchev–Trinajstić information content (AvgIpc) is 2.69. The molecule has 6 nitrogen and oxygen atoms in total. The molecular weight excluding hydrogens is 388 g/mol. The number of anilines is 1. The van der Waals surface area contributed by atoms with Gasteiger partial charge in [-0.1, -0.05) is 24.6 Å². The third-order valence-electron chi connectivity index (χ3n) is 4.58. The number of carbonyl (C=O) groups excluding carboxylic acids is 1. The van der Waals surface area contributed by atoms with Gasteiger partial charge >= 0.3 is 6.03 Å². The highest BCUT2D eigenvalue weighted by molar-refractivity contribution is 7.89. The number of hydrogen-bond donors (Lipinski definition) is 2. The first-order valence-corrected chi connectivity index (χ1v) is 10.4. The normalized spacial score (nSPS) is 17.9. The molecule has 2 aromatic carbocycles. The summed E-state index contributed by atoms with van der Waals surface area (Å²) in [5.41, 5.74) is 0.606. The van der Waals surface area contributed by atoms with Gasteiger partial charge in [0.1, 0.15) is 16.5 Å². The second-order valence-electron chi connectivity index (χ2n) is 6.54. The van der Waals surface area contributed by atoms with E-state index in [1.165, 1.54) is 0 Å². The fourth-order valence-electron chi connectivity index (χ4n) is 3.20. The molecule has 1 heterocycles. The lowest BCUT2D eigenvalue weighted by Crippen LogP contribution is -2.50. The van der Waals surface area contributed by atoms with Crippen molar-refractivity contribution in [1.29, 1.82) is 0 Å². The van der Waals surface area contributed by atoms with Crippen LogP contribution < -0.4 is 10.6 Å². The van der Waals surface area contributed by atoms with E-state index in [4.69, 9.17) is 0 Å². The first-order chi connectivity index (χ1) is 13.4. The van der Waals surface area contributed by atoms with Crippen molar-refractivity contribution in [3.8, 4) is 0 Å². The summed E-state index contributed by atoms with van der Waals surface area (Å²) in [6, 6.07) is 10.2. The molecule has 1 atom stereocenters. The zero-order chi connectivity index (χ0) is 20.1. The molecule has 0 unspecified atom stereocenters. The van der Waals surface area contributed by atoms with E-state index in [1.54, 1.807) is 24.3 Å². The number of piperidine rings is 1. The third-order valence-corrected chi connectivity index (χ3v) is 6.55. The Balaban J connectivity index is 1.71. The first kappa shape index (κ1) is 20.2. The molecule has 2 amide bonds. The molecule has 1 saturated heterocycles. The Morgan fingerprint density at radius 1 is 1.11 bits per heavy atom. The monoisotopic (exact) mass is 409 g/mol. The molecule has 1 fully saturated rings. The summed E-state index contributed by atoms with van der Waals surface area (Å²) in [6.45, 7) is 0.250. The molecule has 28 heavy (non-hydrogen) atoms. The van der Waals surface area contributed by atoms with Crippen LogP contribution in [0.2, 0.25) is 0 Å².